The quantitative estimate of drug-likeness (QED) is 0.535. The average molecular weight is 398 g/mol. The maximum atomic E-state index is 13.1. The average Bonchev–Trinajstić information content (AvgIpc) is 3.07. The lowest BCUT2D eigenvalue weighted by Gasteiger charge is -2.27. The normalized spacial score (nSPS) is 15.1. The molecule has 0 radical (unpaired) electrons. The molecule has 0 amide bonds. The number of fused-ring (bicyclic) bond motifs is 3. The molecule has 142 valence electrons. The van der Waals surface area contributed by atoms with Gasteiger partial charge in [0.1, 0.15) is 5.65 Å². The summed E-state index contributed by atoms with van der Waals surface area (Å²) in [5.41, 5.74) is 1.85. The number of hydrogen-bond acceptors (Lipinski definition) is 6. The summed E-state index contributed by atoms with van der Waals surface area (Å²) in [6.45, 7) is 0.159. The second kappa shape index (κ2) is 5.88. The first-order chi connectivity index (χ1) is 13.4. The predicted octanol–water partition coefficient (Wildman–Crippen LogP) is 0.876. The highest BCUT2D eigenvalue weighted by Crippen LogP contribution is 2.24. The molecular weight excluding hydrogens is 384 g/mol. The zero-order valence-electron chi connectivity index (χ0n) is 14.5. The molecule has 1 N–H and O–H groups in total. The van der Waals surface area contributed by atoms with Crippen molar-refractivity contribution in [2.24, 2.45) is 0 Å². The molecular formula is C18H14N4O5S. The molecule has 9 nitrogen and oxygen atoms in total. The van der Waals surface area contributed by atoms with Gasteiger partial charge in [-0.2, -0.15) is 4.31 Å². The van der Waals surface area contributed by atoms with Crippen LogP contribution in [0.5, 0.6) is 0 Å². The molecule has 10 heteroatoms. The number of pyridine rings is 1. The Morgan fingerprint density at radius 1 is 1.14 bits per heavy atom. The number of benzene rings is 1. The number of oxazole rings is 1. The number of nitrogens with zero attached hydrogens (tertiary/aromatic N) is 3. The number of aromatic amines is 1. The van der Waals surface area contributed by atoms with Crippen molar-refractivity contribution in [2.45, 2.75) is 17.9 Å². The third-order valence-electron chi connectivity index (χ3n) is 4.87. The molecule has 4 heterocycles. The van der Waals surface area contributed by atoms with Gasteiger partial charge in [0, 0.05) is 25.7 Å². The van der Waals surface area contributed by atoms with Crippen LogP contribution in [0.4, 0.5) is 0 Å². The van der Waals surface area contributed by atoms with Crippen molar-refractivity contribution in [2.75, 3.05) is 6.54 Å². The van der Waals surface area contributed by atoms with E-state index in [0.29, 0.717) is 28.8 Å². The van der Waals surface area contributed by atoms with Gasteiger partial charge < -0.3 is 4.42 Å². The van der Waals surface area contributed by atoms with E-state index in [1.807, 2.05) is 0 Å². The monoisotopic (exact) mass is 398 g/mol. The highest BCUT2D eigenvalue weighted by molar-refractivity contribution is 7.89. The standard InChI is InChI=1S/C18H14N4O5S/c23-17-12-10-21(8-6-13(12)19-16-3-1-2-7-22(16)17)28(25,26)11-4-5-15-14(9-11)20-18(24)27-15/h1-5,7,9H,6,8,10H2,(H,20,24). The fourth-order valence-electron chi connectivity index (χ4n) is 3.47. The van der Waals surface area contributed by atoms with Gasteiger partial charge in [0.05, 0.1) is 21.7 Å². The molecule has 0 unspecified atom stereocenters. The van der Waals surface area contributed by atoms with E-state index in [2.05, 4.69) is 9.97 Å². The van der Waals surface area contributed by atoms with Gasteiger partial charge in [0.2, 0.25) is 10.0 Å². The smallest absolute Gasteiger partial charge is 0.408 e. The summed E-state index contributed by atoms with van der Waals surface area (Å²) in [4.78, 5) is 31.1. The molecule has 0 saturated heterocycles. The molecule has 0 spiro atoms. The topological polar surface area (TPSA) is 118 Å². The number of H-pyrrole nitrogens is 1. The summed E-state index contributed by atoms with van der Waals surface area (Å²) in [6.07, 6.45) is 1.96. The van der Waals surface area contributed by atoms with Crippen LogP contribution in [0.2, 0.25) is 0 Å². The van der Waals surface area contributed by atoms with Crippen LogP contribution < -0.4 is 11.3 Å². The third kappa shape index (κ3) is 2.49. The fourth-order valence-corrected chi connectivity index (χ4v) is 4.90. The molecule has 1 aromatic carbocycles. The largest absolute Gasteiger partial charge is 0.417 e. The van der Waals surface area contributed by atoms with Crippen molar-refractivity contribution in [3.05, 3.63) is 74.8 Å². The van der Waals surface area contributed by atoms with Gasteiger partial charge in [-0.1, -0.05) is 6.07 Å². The van der Waals surface area contributed by atoms with Gasteiger partial charge in [-0.25, -0.2) is 18.2 Å². The summed E-state index contributed by atoms with van der Waals surface area (Å²) in [7, 11) is -3.86. The maximum Gasteiger partial charge on any atom is 0.417 e. The van der Waals surface area contributed by atoms with Crippen LogP contribution in [-0.4, -0.2) is 33.6 Å². The Bertz CT molecular complexity index is 1460. The summed E-state index contributed by atoms with van der Waals surface area (Å²) in [5, 5.41) is 0. The van der Waals surface area contributed by atoms with E-state index >= 15 is 0 Å². The lowest BCUT2D eigenvalue weighted by Crippen LogP contribution is -2.40. The Morgan fingerprint density at radius 2 is 2.00 bits per heavy atom. The summed E-state index contributed by atoms with van der Waals surface area (Å²) < 4.78 is 33.8. The molecule has 28 heavy (non-hydrogen) atoms. The minimum Gasteiger partial charge on any atom is -0.408 e. The number of nitrogens with one attached hydrogen (secondary N) is 1. The highest BCUT2D eigenvalue weighted by Gasteiger charge is 2.31. The van der Waals surface area contributed by atoms with E-state index in [-0.39, 0.29) is 29.1 Å². The minimum absolute atomic E-state index is 0.0225. The van der Waals surface area contributed by atoms with Gasteiger partial charge in [-0.15, -0.1) is 0 Å². The first kappa shape index (κ1) is 16.9. The van der Waals surface area contributed by atoms with E-state index < -0.39 is 15.8 Å². The van der Waals surface area contributed by atoms with Crippen LogP contribution in [0.15, 0.2) is 61.5 Å². The summed E-state index contributed by atoms with van der Waals surface area (Å²) >= 11 is 0. The van der Waals surface area contributed by atoms with Crippen molar-refractivity contribution in [1.29, 1.82) is 0 Å². The minimum atomic E-state index is -3.86. The Morgan fingerprint density at radius 3 is 2.86 bits per heavy atom. The van der Waals surface area contributed by atoms with Gasteiger partial charge in [-0.05, 0) is 30.3 Å². The number of aromatic nitrogens is 3. The first-order valence-electron chi connectivity index (χ1n) is 8.56. The van der Waals surface area contributed by atoms with Crippen LogP contribution in [0.25, 0.3) is 16.7 Å². The third-order valence-corrected chi connectivity index (χ3v) is 6.72. The fraction of sp³-hybridized carbons (Fsp3) is 0.167. The molecule has 0 atom stereocenters. The van der Waals surface area contributed by atoms with Gasteiger partial charge in [0.25, 0.3) is 5.56 Å². The molecule has 4 aromatic rings. The Hall–Kier alpha value is -3.24. The SMILES string of the molecule is O=c1[nH]c2cc(S(=O)(=O)N3CCc4nc5ccccn5c(=O)c4C3)ccc2o1. The van der Waals surface area contributed by atoms with Crippen LogP contribution in [0.1, 0.15) is 11.3 Å². The van der Waals surface area contributed by atoms with Crippen molar-refractivity contribution >= 4 is 26.8 Å². The lowest BCUT2D eigenvalue weighted by molar-refractivity contribution is 0.385. The van der Waals surface area contributed by atoms with E-state index in [0.717, 1.165) is 0 Å². The van der Waals surface area contributed by atoms with Crippen LogP contribution >= 0.6 is 0 Å². The Labute approximate surface area is 157 Å². The van der Waals surface area contributed by atoms with Crippen molar-refractivity contribution < 1.29 is 12.8 Å². The van der Waals surface area contributed by atoms with Crippen LogP contribution in [0.3, 0.4) is 0 Å². The van der Waals surface area contributed by atoms with Gasteiger partial charge >= 0.3 is 5.76 Å². The molecule has 1 aliphatic heterocycles. The maximum absolute atomic E-state index is 13.1. The summed E-state index contributed by atoms with van der Waals surface area (Å²) in [5.74, 6) is -0.651. The zero-order valence-corrected chi connectivity index (χ0v) is 15.3. The zero-order chi connectivity index (χ0) is 19.5. The van der Waals surface area contributed by atoms with Crippen molar-refractivity contribution in [3.63, 3.8) is 0 Å². The van der Waals surface area contributed by atoms with Crippen LogP contribution in [0, 0.1) is 0 Å². The first-order valence-corrected chi connectivity index (χ1v) is 10.00. The predicted molar refractivity (Wildman–Crippen MR) is 99.6 cm³/mol. The molecule has 0 fully saturated rings. The van der Waals surface area contributed by atoms with E-state index in [1.165, 1.54) is 26.9 Å². The molecule has 5 rings (SSSR count). The highest BCUT2D eigenvalue weighted by atomic mass is 32.2. The molecule has 3 aromatic heterocycles. The van der Waals surface area contributed by atoms with Crippen molar-refractivity contribution in [1.82, 2.24) is 18.7 Å². The van der Waals surface area contributed by atoms with Gasteiger partial charge in [0.15, 0.2) is 5.58 Å². The molecule has 0 bridgehead atoms. The Balaban J connectivity index is 1.58. The molecule has 0 aliphatic carbocycles. The second-order valence-electron chi connectivity index (χ2n) is 6.53. The number of rotatable bonds is 2. The van der Waals surface area contributed by atoms with Crippen LogP contribution in [-0.2, 0) is 23.0 Å². The number of sulfonamides is 1. The van der Waals surface area contributed by atoms with E-state index in [4.69, 9.17) is 4.42 Å². The Kier molecular flexibility index (Phi) is 3.55. The van der Waals surface area contributed by atoms with Gasteiger partial charge in [-0.3, -0.25) is 14.2 Å². The molecule has 1 aliphatic rings. The lowest BCUT2D eigenvalue weighted by atomic mass is 10.1. The van der Waals surface area contributed by atoms with E-state index in [9.17, 15) is 18.0 Å². The number of hydrogen-bond donors (Lipinski definition) is 1. The van der Waals surface area contributed by atoms with Crippen molar-refractivity contribution in [3.8, 4) is 0 Å². The molecule has 0 saturated carbocycles. The summed E-state index contributed by atoms with van der Waals surface area (Å²) in [6, 6.07) is 9.44. The van der Waals surface area contributed by atoms with E-state index in [1.54, 1.807) is 24.4 Å². The second-order valence-corrected chi connectivity index (χ2v) is 8.47.